The van der Waals surface area contributed by atoms with Crippen LogP contribution in [0.3, 0.4) is 0 Å². The van der Waals surface area contributed by atoms with E-state index in [1.54, 1.807) is 0 Å². The van der Waals surface area contributed by atoms with Crippen LogP contribution in [0.5, 0.6) is 0 Å². The van der Waals surface area contributed by atoms with Crippen LogP contribution in [-0.2, 0) is 13.0 Å². The van der Waals surface area contributed by atoms with Crippen molar-refractivity contribution < 1.29 is 0 Å². The van der Waals surface area contributed by atoms with Crippen LogP contribution in [0, 0.1) is 5.92 Å². The largest absolute Gasteiger partial charge is 0.326 e. The summed E-state index contributed by atoms with van der Waals surface area (Å²) < 4.78 is 0. The predicted octanol–water partition coefficient (Wildman–Crippen LogP) is 4.66. The Morgan fingerprint density at radius 3 is 2.32 bits per heavy atom. The minimum absolute atomic E-state index is 0.528. The Labute approximate surface area is 120 Å². The quantitative estimate of drug-likeness (QED) is 0.861. The van der Waals surface area contributed by atoms with Crippen molar-refractivity contribution >= 4 is 11.6 Å². The van der Waals surface area contributed by atoms with Crippen LogP contribution < -0.4 is 5.73 Å². The highest BCUT2D eigenvalue weighted by atomic mass is 35.5. The summed E-state index contributed by atoms with van der Waals surface area (Å²) in [6.45, 7) is 5.00. The Kier molecular flexibility index (Phi) is 4.62. The molecule has 2 aromatic rings. The lowest BCUT2D eigenvalue weighted by Gasteiger charge is -2.10. The van der Waals surface area contributed by atoms with Crippen LogP contribution in [-0.4, -0.2) is 0 Å². The Morgan fingerprint density at radius 1 is 1.05 bits per heavy atom. The molecule has 2 N–H and O–H groups in total. The molecule has 100 valence electrons. The lowest BCUT2D eigenvalue weighted by Crippen LogP contribution is -1.99. The van der Waals surface area contributed by atoms with E-state index in [4.69, 9.17) is 17.3 Å². The molecular weight excluding hydrogens is 254 g/mol. The van der Waals surface area contributed by atoms with Gasteiger partial charge in [-0.15, -0.1) is 0 Å². The monoisotopic (exact) mass is 273 g/mol. The second kappa shape index (κ2) is 6.23. The van der Waals surface area contributed by atoms with E-state index in [2.05, 4.69) is 38.1 Å². The van der Waals surface area contributed by atoms with E-state index in [1.165, 1.54) is 11.1 Å². The number of rotatable bonds is 4. The average molecular weight is 274 g/mol. The smallest absolute Gasteiger partial charge is 0.0412 e. The zero-order chi connectivity index (χ0) is 13.8. The topological polar surface area (TPSA) is 26.0 Å². The van der Waals surface area contributed by atoms with Gasteiger partial charge in [0.2, 0.25) is 0 Å². The van der Waals surface area contributed by atoms with Gasteiger partial charge < -0.3 is 5.73 Å². The van der Waals surface area contributed by atoms with Crippen molar-refractivity contribution in [1.82, 2.24) is 0 Å². The fourth-order valence-corrected chi connectivity index (χ4v) is 2.46. The van der Waals surface area contributed by atoms with Crippen LogP contribution in [0.2, 0.25) is 5.02 Å². The van der Waals surface area contributed by atoms with Crippen LogP contribution in [0.25, 0.3) is 11.1 Å². The fraction of sp³-hybridized carbons (Fsp3) is 0.294. The third-order valence-corrected chi connectivity index (χ3v) is 3.44. The standard InChI is InChI=1S/C17H20ClN/c1-12(2)9-13-3-5-14(6-4-13)17-10-16(18)8-7-15(17)11-19/h3-8,10,12H,9,11,19H2,1-2H3. The summed E-state index contributed by atoms with van der Waals surface area (Å²) in [4.78, 5) is 0. The highest BCUT2D eigenvalue weighted by Crippen LogP contribution is 2.27. The highest BCUT2D eigenvalue weighted by molar-refractivity contribution is 6.30. The maximum atomic E-state index is 6.08. The van der Waals surface area contributed by atoms with E-state index in [1.807, 2.05) is 18.2 Å². The van der Waals surface area contributed by atoms with Gasteiger partial charge in [-0.05, 0) is 46.7 Å². The van der Waals surface area contributed by atoms with Crippen molar-refractivity contribution in [2.24, 2.45) is 11.7 Å². The second-order valence-corrected chi connectivity index (χ2v) is 5.74. The zero-order valence-electron chi connectivity index (χ0n) is 11.5. The lowest BCUT2D eigenvalue weighted by atomic mass is 9.96. The molecule has 0 amide bonds. The molecule has 0 bridgehead atoms. The number of hydrogen-bond acceptors (Lipinski definition) is 1. The van der Waals surface area contributed by atoms with Crippen LogP contribution in [0.1, 0.15) is 25.0 Å². The summed E-state index contributed by atoms with van der Waals surface area (Å²) in [6, 6.07) is 14.6. The molecule has 0 heterocycles. The minimum Gasteiger partial charge on any atom is -0.326 e. The van der Waals surface area contributed by atoms with E-state index in [0.29, 0.717) is 12.5 Å². The molecule has 0 atom stereocenters. The van der Waals surface area contributed by atoms with Gasteiger partial charge in [-0.2, -0.15) is 0 Å². The zero-order valence-corrected chi connectivity index (χ0v) is 12.2. The fourth-order valence-electron chi connectivity index (χ4n) is 2.29. The molecule has 2 aromatic carbocycles. The molecule has 0 aliphatic carbocycles. The molecule has 0 aliphatic rings. The third kappa shape index (κ3) is 3.59. The van der Waals surface area contributed by atoms with E-state index >= 15 is 0 Å². The molecule has 0 saturated carbocycles. The molecular formula is C17H20ClN. The van der Waals surface area contributed by atoms with E-state index in [-0.39, 0.29) is 0 Å². The summed E-state index contributed by atoms with van der Waals surface area (Å²) >= 11 is 6.08. The molecule has 2 heteroatoms. The number of nitrogens with two attached hydrogens (primary N) is 1. The minimum atomic E-state index is 0.528. The average Bonchev–Trinajstić information content (AvgIpc) is 2.39. The number of hydrogen-bond donors (Lipinski definition) is 1. The van der Waals surface area contributed by atoms with Crippen molar-refractivity contribution in [3.63, 3.8) is 0 Å². The molecule has 0 spiro atoms. The van der Waals surface area contributed by atoms with Gasteiger partial charge in [-0.1, -0.05) is 55.8 Å². The first kappa shape index (κ1) is 14.1. The van der Waals surface area contributed by atoms with Gasteiger partial charge in [0.1, 0.15) is 0 Å². The molecule has 0 aliphatic heterocycles. The van der Waals surface area contributed by atoms with Crippen molar-refractivity contribution in [1.29, 1.82) is 0 Å². The SMILES string of the molecule is CC(C)Cc1ccc(-c2cc(Cl)ccc2CN)cc1. The van der Waals surface area contributed by atoms with Gasteiger partial charge in [0.15, 0.2) is 0 Å². The molecule has 0 aromatic heterocycles. The first-order chi connectivity index (χ1) is 9.10. The summed E-state index contributed by atoms with van der Waals surface area (Å²) in [5, 5.41) is 0.749. The Bertz CT molecular complexity index is 544. The molecule has 0 saturated heterocycles. The summed E-state index contributed by atoms with van der Waals surface area (Å²) in [6.07, 6.45) is 1.11. The van der Waals surface area contributed by atoms with Crippen molar-refractivity contribution in [3.05, 3.63) is 58.6 Å². The Hall–Kier alpha value is -1.31. The molecule has 1 nitrogen and oxygen atoms in total. The highest BCUT2D eigenvalue weighted by Gasteiger charge is 2.05. The Balaban J connectivity index is 2.34. The van der Waals surface area contributed by atoms with Crippen LogP contribution >= 0.6 is 11.6 Å². The van der Waals surface area contributed by atoms with E-state index < -0.39 is 0 Å². The van der Waals surface area contributed by atoms with Gasteiger partial charge in [-0.25, -0.2) is 0 Å². The maximum Gasteiger partial charge on any atom is 0.0412 e. The lowest BCUT2D eigenvalue weighted by molar-refractivity contribution is 0.647. The molecule has 0 unspecified atom stereocenters. The molecule has 0 fully saturated rings. The number of benzene rings is 2. The predicted molar refractivity (Wildman–Crippen MR) is 83.3 cm³/mol. The summed E-state index contributed by atoms with van der Waals surface area (Å²) in [5.41, 5.74) is 10.6. The van der Waals surface area contributed by atoms with Gasteiger partial charge in [0.25, 0.3) is 0 Å². The van der Waals surface area contributed by atoms with Crippen LogP contribution in [0.15, 0.2) is 42.5 Å². The Morgan fingerprint density at radius 2 is 1.74 bits per heavy atom. The normalized spacial score (nSPS) is 11.0. The van der Waals surface area contributed by atoms with Gasteiger partial charge in [0, 0.05) is 11.6 Å². The van der Waals surface area contributed by atoms with Crippen molar-refractivity contribution in [2.75, 3.05) is 0 Å². The number of halogens is 1. The maximum absolute atomic E-state index is 6.08. The first-order valence-corrected chi connectivity index (χ1v) is 7.05. The molecule has 2 rings (SSSR count). The van der Waals surface area contributed by atoms with Crippen molar-refractivity contribution in [2.45, 2.75) is 26.8 Å². The van der Waals surface area contributed by atoms with Crippen molar-refractivity contribution in [3.8, 4) is 11.1 Å². The second-order valence-electron chi connectivity index (χ2n) is 5.30. The van der Waals surface area contributed by atoms with Gasteiger partial charge in [0.05, 0.1) is 0 Å². The third-order valence-electron chi connectivity index (χ3n) is 3.20. The summed E-state index contributed by atoms with van der Waals surface area (Å²) in [5.74, 6) is 0.677. The molecule has 19 heavy (non-hydrogen) atoms. The van der Waals surface area contributed by atoms with Crippen LogP contribution in [0.4, 0.5) is 0 Å². The van der Waals surface area contributed by atoms with E-state index in [9.17, 15) is 0 Å². The van der Waals surface area contributed by atoms with Gasteiger partial charge >= 0.3 is 0 Å². The first-order valence-electron chi connectivity index (χ1n) is 6.68. The van der Waals surface area contributed by atoms with Gasteiger partial charge in [-0.3, -0.25) is 0 Å². The van der Waals surface area contributed by atoms with E-state index in [0.717, 1.165) is 22.6 Å². The summed E-state index contributed by atoms with van der Waals surface area (Å²) in [7, 11) is 0. The molecule has 0 radical (unpaired) electrons.